The molecule has 0 radical (unpaired) electrons. The molecule has 1 fully saturated rings. The van der Waals surface area contributed by atoms with E-state index in [4.69, 9.17) is 9.47 Å². The lowest BCUT2D eigenvalue weighted by Crippen LogP contribution is -2.72. The van der Waals surface area contributed by atoms with Crippen LogP contribution in [-0.2, 0) is 19.1 Å². The lowest BCUT2D eigenvalue weighted by molar-refractivity contribution is -0.161. The van der Waals surface area contributed by atoms with Crippen molar-refractivity contribution >= 4 is 35.4 Å². The largest absolute Gasteiger partial charge is 0.455 e. The first-order valence-corrected chi connectivity index (χ1v) is 11.5. The van der Waals surface area contributed by atoms with Crippen LogP contribution < -0.4 is 5.32 Å². The fourth-order valence-corrected chi connectivity index (χ4v) is 4.35. The van der Waals surface area contributed by atoms with E-state index in [1.807, 2.05) is 19.1 Å². The van der Waals surface area contributed by atoms with Crippen molar-refractivity contribution in [2.24, 2.45) is 0 Å². The molecule has 2 unspecified atom stereocenters. The molecule has 0 aromatic carbocycles. The predicted molar refractivity (Wildman–Crippen MR) is 122 cm³/mol. The Morgan fingerprint density at radius 2 is 1.81 bits per heavy atom. The number of rotatable bonds is 4. The van der Waals surface area contributed by atoms with Crippen molar-refractivity contribution in [2.45, 2.75) is 84.6 Å². The maximum Gasteiger partial charge on any atom is 0.408 e. The number of esters is 1. The van der Waals surface area contributed by atoms with Gasteiger partial charge in [0.1, 0.15) is 22.9 Å². The second kappa shape index (κ2) is 8.69. The summed E-state index contributed by atoms with van der Waals surface area (Å²) in [4.78, 5) is 44.9. The second-order valence-electron chi connectivity index (χ2n) is 9.95. The Balaban J connectivity index is 1.87. The number of hydrogen-bond acceptors (Lipinski definition) is 7. The van der Waals surface area contributed by atoms with Gasteiger partial charge in [-0.2, -0.15) is 0 Å². The number of nitrogens with one attached hydrogen (secondary N) is 1. The summed E-state index contributed by atoms with van der Waals surface area (Å²) in [5.41, 5.74) is 2.26. The molecule has 0 bridgehead atoms. The van der Waals surface area contributed by atoms with Gasteiger partial charge in [-0.25, -0.2) is 14.6 Å². The van der Waals surface area contributed by atoms with Gasteiger partial charge in [-0.15, -0.1) is 11.3 Å². The van der Waals surface area contributed by atoms with Gasteiger partial charge < -0.3 is 14.8 Å². The van der Waals surface area contributed by atoms with E-state index in [2.05, 4.69) is 10.3 Å². The number of nitrogens with zero attached hydrogens (tertiary/aromatic N) is 2. The number of ether oxygens (including phenoxy) is 2. The van der Waals surface area contributed by atoms with Crippen molar-refractivity contribution in [1.29, 1.82) is 0 Å². The Morgan fingerprint density at radius 3 is 2.38 bits per heavy atom. The van der Waals surface area contributed by atoms with Crippen LogP contribution in [0.25, 0.3) is 6.08 Å². The molecule has 1 aromatic heterocycles. The van der Waals surface area contributed by atoms with Crippen LogP contribution in [0.15, 0.2) is 22.9 Å². The zero-order valence-corrected chi connectivity index (χ0v) is 20.5. The van der Waals surface area contributed by atoms with Crippen molar-refractivity contribution in [3.63, 3.8) is 0 Å². The molecule has 0 saturated carbocycles. The monoisotopic (exact) mass is 461 g/mol. The van der Waals surface area contributed by atoms with Gasteiger partial charge in [-0.3, -0.25) is 9.69 Å². The fourth-order valence-electron chi connectivity index (χ4n) is 3.65. The number of hydrogen-bond donors (Lipinski definition) is 1. The third kappa shape index (κ3) is 5.38. The zero-order chi connectivity index (χ0) is 23.8. The van der Waals surface area contributed by atoms with Crippen LogP contribution in [0, 0.1) is 6.92 Å². The maximum atomic E-state index is 13.1. The molecule has 0 spiro atoms. The van der Waals surface area contributed by atoms with Crippen molar-refractivity contribution in [1.82, 2.24) is 15.2 Å². The Hall–Kier alpha value is -2.68. The molecule has 8 nitrogen and oxygen atoms in total. The summed E-state index contributed by atoms with van der Waals surface area (Å²) in [5, 5.41) is 2.65. The molecule has 2 aliphatic heterocycles. The van der Waals surface area contributed by atoms with Crippen LogP contribution in [0.3, 0.4) is 0 Å². The van der Waals surface area contributed by atoms with Gasteiger partial charge in [0.05, 0.1) is 17.2 Å². The van der Waals surface area contributed by atoms with Gasteiger partial charge in [0, 0.05) is 4.88 Å². The summed E-state index contributed by atoms with van der Waals surface area (Å²) in [6.45, 7) is 12.5. The Morgan fingerprint density at radius 1 is 1.16 bits per heavy atom. The Kier molecular flexibility index (Phi) is 6.51. The van der Waals surface area contributed by atoms with E-state index in [9.17, 15) is 14.4 Å². The molecular weight excluding hydrogens is 430 g/mol. The molecular formula is C23H31N3O5S. The van der Waals surface area contributed by atoms with E-state index in [0.717, 1.165) is 16.1 Å². The van der Waals surface area contributed by atoms with Gasteiger partial charge in [0.15, 0.2) is 0 Å². The van der Waals surface area contributed by atoms with Gasteiger partial charge in [0.2, 0.25) is 0 Å². The number of aryl methyl sites for hydroxylation is 1. The smallest absolute Gasteiger partial charge is 0.408 e. The molecule has 174 valence electrons. The molecule has 2 amide bonds. The van der Waals surface area contributed by atoms with Crippen molar-refractivity contribution < 1.29 is 23.9 Å². The first-order chi connectivity index (χ1) is 14.8. The predicted octanol–water partition coefficient (Wildman–Crippen LogP) is 3.96. The highest BCUT2D eigenvalue weighted by Gasteiger charge is 2.54. The number of amides is 2. The molecule has 2 aliphatic rings. The minimum Gasteiger partial charge on any atom is -0.455 e. The molecule has 2 atom stereocenters. The van der Waals surface area contributed by atoms with Crippen LogP contribution in [0.4, 0.5) is 4.79 Å². The summed E-state index contributed by atoms with van der Waals surface area (Å²) in [7, 11) is 0. The molecule has 1 N–H and O–H groups in total. The topological polar surface area (TPSA) is 97.8 Å². The molecule has 32 heavy (non-hydrogen) atoms. The highest BCUT2D eigenvalue weighted by Crippen LogP contribution is 2.38. The molecule has 3 heterocycles. The quantitative estimate of drug-likeness (QED) is 0.538. The number of allylic oxidation sites excluding steroid dienone is 2. The number of alkyl carbamates (subject to hydrolysis) is 1. The lowest BCUT2D eigenvalue weighted by atomic mass is 9.83. The van der Waals surface area contributed by atoms with Crippen LogP contribution >= 0.6 is 11.3 Å². The maximum absolute atomic E-state index is 13.1. The van der Waals surface area contributed by atoms with Gasteiger partial charge in [-0.1, -0.05) is 6.08 Å². The normalized spacial score (nSPS) is 21.3. The van der Waals surface area contributed by atoms with Crippen molar-refractivity contribution in [3.8, 4) is 0 Å². The van der Waals surface area contributed by atoms with E-state index < -0.39 is 29.3 Å². The van der Waals surface area contributed by atoms with Crippen LogP contribution in [-0.4, -0.2) is 51.1 Å². The first kappa shape index (κ1) is 24.0. The van der Waals surface area contributed by atoms with E-state index in [1.165, 1.54) is 16.2 Å². The first-order valence-electron chi connectivity index (χ1n) is 10.6. The number of carbonyl (C=O) groups is 3. The van der Waals surface area contributed by atoms with Gasteiger partial charge >= 0.3 is 12.1 Å². The molecule has 3 rings (SSSR count). The summed E-state index contributed by atoms with van der Waals surface area (Å²) in [6.07, 6.45) is 4.31. The Labute approximate surface area is 192 Å². The molecule has 1 aromatic rings. The van der Waals surface area contributed by atoms with Crippen LogP contribution in [0.5, 0.6) is 0 Å². The summed E-state index contributed by atoms with van der Waals surface area (Å²) in [5.74, 6) is -0.895. The summed E-state index contributed by atoms with van der Waals surface area (Å²) >= 11 is 1.51. The highest BCUT2D eigenvalue weighted by molar-refractivity contribution is 7.10. The minimum atomic E-state index is -0.725. The number of β-lactam (4-membered cyclic amide) rings is 1. The zero-order valence-electron chi connectivity index (χ0n) is 19.6. The molecule has 9 heteroatoms. The van der Waals surface area contributed by atoms with Crippen LogP contribution in [0.1, 0.15) is 65.0 Å². The minimum absolute atomic E-state index is 0.238. The lowest BCUT2D eigenvalue weighted by Gasteiger charge is -2.50. The third-order valence-corrected chi connectivity index (χ3v) is 5.85. The van der Waals surface area contributed by atoms with Crippen molar-refractivity contribution in [3.05, 3.63) is 33.4 Å². The second-order valence-corrected chi connectivity index (χ2v) is 10.8. The Bertz CT molecular complexity index is 980. The van der Waals surface area contributed by atoms with E-state index >= 15 is 0 Å². The standard InChI is InChI=1S/C23H31N3O5S/c1-13-16(32-12-24-13)11-9-14-8-10-15-17(25-21(29)31-23(5,6)7)19(27)26(15)18(14)20(28)30-22(2,3)4/h9,11-12,15,17H,8,10H2,1-7H3,(H,25,29)/b11-9+. The van der Waals surface area contributed by atoms with Crippen LogP contribution in [0.2, 0.25) is 0 Å². The van der Waals surface area contributed by atoms with E-state index in [0.29, 0.717) is 12.8 Å². The number of carbonyl (C=O) groups excluding carboxylic acids is 3. The summed E-state index contributed by atoms with van der Waals surface area (Å²) < 4.78 is 10.9. The average Bonchev–Trinajstić information content (AvgIpc) is 3.05. The highest BCUT2D eigenvalue weighted by atomic mass is 32.1. The van der Waals surface area contributed by atoms with Crippen molar-refractivity contribution in [2.75, 3.05) is 0 Å². The average molecular weight is 462 g/mol. The van der Waals surface area contributed by atoms with E-state index in [-0.39, 0.29) is 17.6 Å². The molecule has 0 aliphatic carbocycles. The number of aromatic nitrogens is 1. The third-order valence-electron chi connectivity index (χ3n) is 4.96. The fraction of sp³-hybridized carbons (Fsp3) is 0.565. The molecule has 1 saturated heterocycles. The number of fused-ring (bicyclic) bond motifs is 1. The van der Waals surface area contributed by atoms with Gasteiger partial charge in [-0.05, 0) is 73.0 Å². The van der Waals surface area contributed by atoms with E-state index in [1.54, 1.807) is 47.1 Å². The number of thiazole rings is 1. The summed E-state index contributed by atoms with van der Waals surface area (Å²) in [6, 6.07) is -1.05. The van der Waals surface area contributed by atoms with Gasteiger partial charge in [0.25, 0.3) is 5.91 Å². The SMILES string of the molecule is Cc1ncsc1/C=C/C1=C(C(=O)OC(C)(C)C)N2C(=O)C(NC(=O)OC(C)(C)C)C2CC1.